The van der Waals surface area contributed by atoms with Crippen LogP contribution in [0.15, 0.2) is 42.5 Å². The van der Waals surface area contributed by atoms with Gasteiger partial charge in [-0.05, 0) is 61.7 Å². The molecule has 1 aliphatic rings. The molecule has 0 bridgehead atoms. The van der Waals surface area contributed by atoms with E-state index in [4.69, 9.17) is 14.2 Å². The topological polar surface area (TPSA) is 65.1 Å². The average molecular weight is 397 g/mol. The van der Waals surface area contributed by atoms with E-state index in [-0.39, 0.29) is 24.2 Å². The smallest absolute Gasteiger partial charge is 0.260 e. The second-order valence-corrected chi connectivity index (χ2v) is 7.19. The van der Waals surface area contributed by atoms with Crippen LogP contribution in [0, 0.1) is 12.8 Å². The highest BCUT2D eigenvalue weighted by Gasteiger charge is 2.28. The van der Waals surface area contributed by atoms with Crippen LogP contribution >= 0.6 is 0 Å². The van der Waals surface area contributed by atoms with Gasteiger partial charge in [0.05, 0.1) is 14.2 Å². The average Bonchev–Trinajstić information content (AvgIpc) is 2.77. The minimum Gasteiger partial charge on any atom is -0.497 e. The van der Waals surface area contributed by atoms with E-state index in [0.29, 0.717) is 43.0 Å². The summed E-state index contributed by atoms with van der Waals surface area (Å²) in [6.45, 7) is 3.03. The Morgan fingerprint density at radius 1 is 0.966 bits per heavy atom. The number of likely N-dealkylation sites (tertiary alicyclic amines) is 1. The Morgan fingerprint density at radius 3 is 2.28 bits per heavy atom. The first-order valence-corrected chi connectivity index (χ1v) is 9.75. The molecule has 2 aromatic rings. The number of carbonyl (C=O) groups is 2. The molecule has 3 rings (SSSR count). The molecule has 0 spiro atoms. The lowest BCUT2D eigenvalue weighted by molar-refractivity contribution is -0.134. The molecular weight excluding hydrogens is 370 g/mol. The normalized spacial score (nSPS) is 14.4. The van der Waals surface area contributed by atoms with Gasteiger partial charge in [-0.3, -0.25) is 9.59 Å². The van der Waals surface area contributed by atoms with Crippen molar-refractivity contribution in [2.45, 2.75) is 19.8 Å². The number of hydrogen-bond acceptors (Lipinski definition) is 5. The van der Waals surface area contributed by atoms with Crippen molar-refractivity contribution >= 4 is 11.7 Å². The van der Waals surface area contributed by atoms with Crippen LogP contribution in [0.25, 0.3) is 0 Å². The first-order chi connectivity index (χ1) is 14.0. The molecule has 0 saturated carbocycles. The Hall–Kier alpha value is -3.02. The number of carbonyl (C=O) groups excluding carboxylic acids is 2. The lowest BCUT2D eigenvalue weighted by Gasteiger charge is -2.31. The first kappa shape index (κ1) is 20.7. The van der Waals surface area contributed by atoms with Crippen molar-refractivity contribution in [1.82, 2.24) is 4.90 Å². The molecule has 6 heteroatoms. The second kappa shape index (κ2) is 9.45. The predicted octanol–water partition coefficient (Wildman–Crippen LogP) is 3.51. The minimum absolute atomic E-state index is 0.0451. The second-order valence-electron chi connectivity index (χ2n) is 7.19. The molecule has 29 heavy (non-hydrogen) atoms. The van der Waals surface area contributed by atoms with Crippen LogP contribution in [-0.2, 0) is 4.79 Å². The molecule has 1 saturated heterocycles. The third-order valence-electron chi connectivity index (χ3n) is 5.26. The Bertz CT molecular complexity index is 854. The summed E-state index contributed by atoms with van der Waals surface area (Å²) in [6, 6.07) is 12.8. The number of rotatable bonds is 7. The Balaban J connectivity index is 1.51. The van der Waals surface area contributed by atoms with E-state index in [1.54, 1.807) is 49.5 Å². The maximum atomic E-state index is 12.7. The number of methoxy groups -OCH3 is 2. The van der Waals surface area contributed by atoms with Crippen LogP contribution in [-0.4, -0.2) is 50.5 Å². The fraction of sp³-hybridized carbons (Fsp3) is 0.391. The Morgan fingerprint density at radius 2 is 1.66 bits per heavy atom. The monoisotopic (exact) mass is 397 g/mol. The molecule has 0 aliphatic carbocycles. The van der Waals surface area contributed by atoms with Crippen LogP contribution in [0.5, 0.6) is 17.2 Å². The van der Waals surface area contributed by atoms with Crippen LogP contribution in [0.2, 0.25) is 0 Å². The van der Waals surface area contributed by atoms with Gasteiger partial charge in [0.2, 0.25) is 0 Å². The standard InChI is InChI=1S/C23H27NO5/c1-16-4-9-20(21(14-16)28-3)29-15-22(25)24-12-10-18(11-13-24)23(26)17-5-7-19(27-2)8-6-17/h4-9,14,18H,10-13,15H2,1-3H3. The fourth-order valence-corrected chi connectivity index (χ4v) is 3.51. The van der Waals surface area contributed by atoms with Gasteiger partial charge in [0, 0.05) is 24.6 Å². The van der Waals surface area contributed by atoms with Gasteiger partial charge in [0.15, 0.2) is 23.9 Å². The van der Waals surface area contributed by atoms with Crippen molar-refractivity contribution in [2.75, 3.05) is 33.9 Å². The third kappa shape index (κ3) is 5.08. The summed E-state index contributed by atoms with van der Waals surface area (Å²) in [5.41, 5.74) is 1.74. The van der Waals surface area contributed by atoms with Gasteiger partial charge in [-0.15, -0.1) is 0 Å². The van der Waals surface area contributed by atoms with E-state index in [0.717, 1.165) is 11.3 Å². The summed E-state index contributed by atoms with van der Waals surface area (Å²) in [5, 5.41) is 0. The van der Waals surface area contributed by atoms with Gasteiger partial charge >= 0.3 is 0 Å². The zero-order valence-corrected chi connectivity index (χ0v) is 17.1. The largest absolute Gasteiger partial charge is 0.497 e. The van der Waals surface area contributed by atoms with E-state index in [9.17, 15) is 9.59 Å². The number of nitrogens with zero attached hydrogens (tertiary/aromatic N) is 1. The van der Waals surface area contributed by atoms with Crippen molar-refractivity contribution in [3.8, 4) is 17.2 Å². The van der Waals surface area contributed by atoms with Crippen molar-refractivity contribution in [3.63, 3.8) is 0 Å². The van der Waals surface area contributed by atoms with Gasteiger partial charge in [-0.25, -0.2) is 0 Å². The van der Waals surface area contributed by atoms with Crippen molar-refractivity contribution in [2.24, 2.45) is 5.92 Å². The van der Waals surface area contributed by atoms with Gasteiger partial charge < -0.3 is 19.1 Å². The number of Topliss-reactive ketones (excluding diaryl/α,β-unsaturated/α-hetero) is 1. The SMILES string of the molecule is COc1ccc(C(=O)C2CCN(C(=O)COc3ccc(C)cc3OC)CC2)cc1. The zero-order valence-electron chi connectivity index (χ0n) is 17.1. The van der Waals surface area contributed by atoms with E-state index in [1.165, 1.54) is 0 Å². The highest BCUT2D eigenvalue weighted by atomic mass is 16.5. The summed E-state index contributed by atoms with van der Waals surface area (Å²) >= 11 is 0. The molecular formula is C23H27NO5. The fourth-order valence-electron chi connectivity index (χ4n) is 3.51. The van der Waals surface area contributed by atoms with E-state index >= 15 is 0 Å². The van der Waals surface area contributed by atoms with Crippen LogP contribution in [0.1, 0.15) is 28.8 Å². The molecule has 0 N–H and O–H groups in total. The van der Waals surface area contributed by atoms with Crippen LogP contribution < -0.4 is 14.2 Å². The maximum Gasteiger partial charge on any atom is 0.260 e. The lowest BCUT2D eigenvalue weighted by Crippen LogP contribution is -2.42. The highest BCUT2D eigenvalue weighted by molar-refractivity contribution is 5.98. The van der Waals surface area contributed by atoms with Gasteiger partial charge in [-0.1, -0.05) is 6.07 Å². The van der Waals surface area contributed by atoms with Crippen LogP contribution in [0.3, 0.4) is 0 Å². The maximum absolute atomic E-state index is 12.7. The minimum atomic E-state index is -0.0806. The molecule has 1 heterocycles. The molecule has 0 unspecified atom stereocenters. The molecule has 1 aliphatic heterocycles. The highest BCUT2D eigenvalue weighted by Crippen LogP contribution is 2.28. The van der Waals surface area contributed by atoms with Crippen molar-refractivity contribution in [1.29, 1.82) is 0 Å². The number of benzene rings is 2. The van der Waals surface area contributed by atoms with Crippen molar-refractivity contribution < 1.29 is 23.8 Å². The molecule has 2 aromatic carbocycles. The quantitative estimate of drug-likeness (QED) is 0.669. The molecule has 0 atom stereocenters. The lowest BCUT2D eigenvalue weighted by atomic mass is 9.89. The van der Waals surface area contributed by atoms with Crippen LogP contribution in [0.4, 0.5) is 0 Å². The third-order valence-corrected chi connectivity index (χ3v) is 5.26. The van der Waals surface area contributed by atoms with Gasteiger partial charge in [-0.2, -0.15) is 0 Å². The van der Waals surface area contributed by atoms with E-state index < -0.39 is 0 Å². The molecule has 6 nitrogen and oxygen atoms in total. The van der Waals surface area contributed by atoms with Gasteiger partial charge in [0.1, 0.15) is 5.75 Å². The molecule has 0 aromatic heterocycles. The number of piperidine rings is 1. The summed E-state index contributed by atoms with van der Waals surface area (Å²) in [4.78, 5) is 27.0. The summed E-state index contributed by atoms with van der Waals surface area (Å²) in [7, 11) is 3.18. The summed E-state index contributed by atoms with van der Waals surface area (Å²) < 4.78 is 16.1. The predicted molar refractivity (Wildman–Crippen MR) is 110 cm³/mol. The molecule has 1 amide bonds. The first-order valence-electron chi connectivity index (χ1n) is 9.75. The number of amides is 1. The molecule has 0 radical (unpaired) electrons. The Kier molecular flexibility index (Phi) is 6.75. The summed E-state index contributed by atoms with van der Waals surface area (Å²) in [5.74, 6) is 1.87. The van der Waals surface area contributed by atoms with Gasteiger partial charge in [0.25, 0.3) is 5.91 Å². The van der Waals surface area contributed by atoms with E-state index in [1.807, 2.05) is 19.1 Å². The Labute approximate surface area is 171 Å². The zero-order chi connectivity index (χ0) is 20.8. The molecule has 1 fully saturated rings. The van der Waals surface area contributed by atoms with E-state index in [2.05, 4.69) is 0 Å². The number of ether oxygens (including phenoxy) is 3. The number of hydrogen-bond donors (Lipinski definition) is 0. The number of aryl methyl sites for hydroxylation is 1. The number of ketones is 1. The molecule has 154 valence electrons. The summed E-state index contributed by atoms with van der Waals surface area (Å²) in [6.07, 6.45) is 1.31. The van der Waals surface area contributed by atoms with Crippen molar-refractivity contribution in [3.05, 3.63) is 53.6 Å².